The van der Waals surface area contributed by atoms with Crippen LogP contribution in [0.4, 0.5) is 0 Å². The van der Waals surface area contributed by atoms with Gasteiger partial charge in [0, 0.05) is 6.54 Å². The van der Waals surface area contributed by atoms with Crippen molar-refractivity contribution in [3.8, 4) is 0 Å². The Morgan fingerprint density at radius 2 is 2.18 bits per heavy atom. The van der Waals surface area contributed by atoms with Gasteiger partial charge in [-0.25, -0.2) is 4.90 Å². The summed E-state index contributed by atoms with van der Waals surface area (Å²) in [7, 11) is 0. The molecule has 0 radical (unpaired) electrons. The second-order valence-electron chi connectivity index (χ2n) is 2.73. The SMILES string of the molecule is CCN1CC[NH+](CC)C1Cl.[I-]. The summed E-state index contributed by atoms with van der Waals surface area (Å²) in [4.78, 5) is 3.81. The summed E-state index contributed by atoms with van der Waals surface area (Å²) in [6.07, 6.45) is 0. The number of halogens is 2. The maximum atomic E-state index is 6.13. The molecule has 1 heterocycles. The van der Waals surface area contributed by atoms with Crippen molar-refractivity contribution in [3.63, 3.8) is 0 Å². The minimum absolute atomic E-state index is 0. The van der Waals surface area contributed by atoms with Crippen molar-refractivity contribution >= 4 is 11.6 Å². The molecule has 1 aliphatic rings. The molecule has 0 amide bonds. The van der Waals surface area contributed by atoms with E-state index in [1.54, 1.807) is 0 Å². The maximum absolute atomic E-state index is 6.13. The Morgan fingerprint density at radius 3 is 2.45 bits per heavy atom. The zero-order valence-electron chi connectivity index (χ0n) is 7.11. The summed E-state index contributed by atoms with van der Waals surface area (Å²) in [5, 5.41) is 0. The number of hydrogen-bond acceptors (Lipinski definition) is 1. The van der Waals surface area contributed by atoms with E-state index in [2.05, 4.69) is 18.7 Å². The van der Waals surface area contributed by atoms with Gasteiger partial charge in [0.25, 0.3) is 0 Å². The van der Waals surface area contributed by atoms with Crippen LogP contribution in [0.3, 0.4) is 0 Å². The molecule has 1 aliphatic heterocycles. The lowest BCUT2D eigenvalue weighted by Crippen LogP contribution is -3.13. The number of hydrogen-bond donors (Lipinski definition) is 1. The molecule has 2 atom stereocenters. The Balaban J connectivity index is 0.000001000. The molecule has 1 rings (SSSR count). The quantitative estimate of drug-likeness (QED) is 0.319. The summed E-state index contributed by atoms with van der Waals surface area (Å²) >= 11 is 6.13. The van der Waals surface area contributed by atoms with E-state index >= 15 is 0 Å². The third-order valence-corrected chi connectivity index (χ3v) is 2.82. The molecule has 68 valence electrons. The summed E-state index contributed by atoms with van der Waals surface area (Å²) in [6, 6.07) is 0. The molecule has 0 spiro atoms. The number of alkyl halides is 1. The first kappa shape index (κ1) is 11.9. The fraction of sp³-hybridized carbons (Fsp3) is 1.00. The van der Waals surface area contributed by atoms with Gasteiger partial charge in [-0.15, -0.1) is 0 Å². The van der Waals surface area contributed by atoms with Crippen LogP contribution in [-0.2, 0) is 0 Å². The van der Waals surface area contributed by atoms with Crippen molar-refractivity contribution in [2.24, 2.45) is 0 Å². The predicted molar refractivity (Wildman–Crippen MR) is 43.3 cm³/mol. The highest BCUT2D eigenvalue weighted by Gasteiger charge is 2.31. The van der Waals surface area contributed by atoms with Crippen LogP contribution in [0, 0.1) is 0 Å². The van der Waals surface area contributed by atoms with E-state index in [0.717, 1.165) is 19.6 Å². The average Bonchev–Trinajstić information content (AvgIpc) is 2.30. The molecule has 0 aromatic heterocycles. The Labute approximate surface area is 90.9 Å². The van der Waals surface area contributed by atoms with Crippen molar-refractivity contribution in [3.05, 3.63) is 0 Å². The lowest BCUT2D eigenvalue weighted by Gasteiger charge is -2.18. The highest BCUT2D eigenvalue weighted by Crippen LogP contribution is 2.00. The zero-order chi connectivity index (χ0) is 7.56. The number of nitrogens with one attached hydrogen (secondary N) is 1. The third-order valence-electron chi connectivity index (χ3n) is 2.24. The van der Waals surface area contributed by atoms with Gasteiger partial charge in [0.1, 0.15) is 0 Å². The van der Waals surface area contributed by atoms with Crippen LogP contribution in [0.2, 0.25) is 0 Å². The fourth-order valence-corrected chi connectivity index (χ4v) is 1.94. The average molecular weight is 291 g/mol. The minimum atomic E-state index is 0. The fourth-order valence-electron chi connectivity index (χ4n) is 1.44. The van der Waals surface area contributed by atoms with Crippen LogP contribution in [0.1, 0.15) is 13.8 Å². The molecule has 0 aliphatic carbocycles. The molecule has 0 aromatic rings. The Hall–Kier alpha value is 0.940. The normalized spacial score (nSPS) is 31.9. The Bertz CT molecular complexity index is 101. The van der Waals surface area contributed by atoms with Crippen molar-refractivity contribution in [1.29, 1.82) is 0 Å². The molecule has 1 saturated heterocycles. The molecule has 4 heteroatoms. The molecule has 0 saturated carbocycles. The Morgan fingerprint density at radius 1 is 1.55 bits per heavy atom. The van der Waals surface area contributed by atoms with E-state index in [9.17, 15) is 0 Å². The van der Waals surface area contributed by atoms with Crippen molar-refractivity contribution in [2.75, 3.05) is 26.2 Å². The summed E-state index contributed by atoms with van der Waals surface area (Å²) in [5.41, 5.74) is 0.231. The largest absolute Gasteiger partial charge is 1.00 e. The molecule has 1 fully saturated rings. The number of nitrogens with zero attached hydrogens (tertiary/aromatic N) is 1. The van der Waals surface area contributed by atoms with E-state index in [1.807, 2.05) is 0 Å². The monoisotopic (exact) mass is 290 g/mol. The van der Waals surface area contributed by atoms with Gasteiger partial charge in [0.15, 0.2) is 0 Å². The second-order valence-corrected chi connectivity index (χ2v) is 3.14. The highest BCUT2D eigenvalue weighted by molar-refractivity contribution is 6.19. The number of rotatable bonds is 2. The van der Waals surface area contributed by atoms with Crippen molar-refractivity contribution in [1.82, 2.24) is 4.90 Å². The van der Waals surface area contributed by atoms with E-state index in [1.165, 1.54) is 11.4 Å². The van der Waals surface area contributed by atoms with Crippen LogP contribution in [-0.4, -0.2) is 36.7 Å². The second kappa shape index (κ2) is 5.56. The predicted octanol–water partition coefficient (Wildman–Crippen LogP) is -3.25. The first-order chi connectivity index (χ1) is 4.79. The molecule has 1 N–H and O–H groups in total. The molecule has 0 bridgehead atoms. The lowest BCUT2D eigenvalue weighted by molar-refractivity contribution is -0.902. The first-order valence-corrected chi connectivity index (χ1v) is 4.46. The molecule has 2 nitrogen and oxygen atoms in total. The van der Waals surface area contributed by atoms with Gasteiger partial charge in [0.05, 0.1) is 19.6 Å². The first-order valence-electron chi connectivity index (χ1n) is 4.02. The summed E-state index contributed by atoms with van der Waals surface area (Å²) < 4.78 is 0. The van der Waals surface area contributed by atoms with E-state index in [0.29, 0.717) is 0 Å². The number of likely N-dealkylation sites (N-methyl/N-ethyl adjacent to an activating group) is 2. The molecular weight excluding hydrogens is 274 g/mol. The highest BCUT2D eigenvalue weighted by atomic mass is 127. The van der Waals surface area contributed by atoms with Crippen LogP contribution < -0.4 is 28.9 Å². The van der Waals surface area contributed by atoms with Gasteiger partial charge in [-0.05, 0) is 18.5 Å². The lowest BCUT2D eigenvalue weighted by atomic mass is 10.6. The zero-order valence-corrected chi connectivity index (χ0v) is 10.0. The number of quaternary nitrogens is 1. The molecule has 0 aromatic carbocycles. The van der Waals surface area contributed by atoms with Gasteiger partial charge in [-0.2, -0.15) is 0 Å². The van der Waals surface area contributed by atoms with Crippen LogP contribution in [0.5, 0.6) is 0 Å². The molecule has 2 unspecified atom stereocenters. The van der Waals surface area contributed by atoms with Gasteiger partial charge < -0.3 is 28.9 Å². The van der Waals surface area contributed by atoms with Crippen molar-refractivity contribution < 1.29 is 28.9 Å². The van der Waals surface area contributed by atoms with Gasteiger partial charge in [0.2, 0.25) is 5.62 Å². The topological polar surface area (TPSA) is 7.68 Å². The third kappa shape index (κ3) is 2.72. The van der Waals surface area contributed by atoms with E-state index in [-0.39, 0.29) is 29.6 Å². The minimum Gasteiger partial charge on any atom is -1.00 e. The Kier molecular flexibility index (Phi) is 6.04. The molecular formula is C7H16ClIN2. The maximum Gasteiger partial charge on any atom is 0.222 e. The molecule has 11 heavy (non-hydrogen) atoms. The standard InChI is InChI=1S/C7H15ClN2.HI/c1-3-9-5-6-10(4-2)7(9)8;/h7H,3-6H2,1-2H3;1H. The smallest absolute Gasteiger partial charge is 0.222 e. The van der Waals surface area contributed by atoms with Crippen LogP contribution in [0.25, 0.3) is 0 Å². The summed E-state index contributed by atoms with van der Waals surface area (Å²) in [5.74, 6) is 0. The van der Waals surface area contributed by atoms with Crippen LogP contribution in [0.15, 0.2) is 0 Å². The van der Waals surface area contributed by atoms with Crippen LogP contribution >= 0.6 is 11.6 Å². The van der Waals surface area contributed by atoms with Gasteiger partial charge in [-0.1, -0.05) is 6.92 Å². The summed E-state index contributed by atoms with van der Waals surface area (Å²) in [6.45, 7) is 8.94. The van der Waals surface area contributed by atoms with Crippen molar-refractivity contribution in [2.45, 2.75) is 19.5 Å². The van der Waals surface area contributed by atoms with Gasteiger partial charge in [-0.3, -0.25) is 0 Å². The van der Waals surface area contributed by atoms with Gasteiger partial charge >= 0.3 is 0 Å². The van der Waals surface area contributed by atoms with E-state index < -0.39 is 0 Å². The van der Waals surface area contributed by atoms with E-state index in [4.69, 9.17) is 11.6 Å².